The third kappa shape index (κ3) is 7.40. The highest BCUT2D eigenvalue weighted by molar-refractivity contribution is 5.95. The molecule has 0 aliphatic heterocycles. The topological polar surface area (TPSA) is 202 Å². The summed E-state index contributed by atoms with van der Waals surface area (Å²) in [5, 5.41) is 29.3. The van der Waals surface area contributed by atoms with Crippen LogP contribution in [0.15, 0.2) is 60.9 Å². The Hall–Kier alpha value is -4.68. The Morgan fingerprint density at radius 1 is 0.744 bits per heavy atom. The lowest BCUT2D eigenvalue weighted by Crippen LogP contribution is -2.59. The second kappa shape index (κ2) is 13.5. The van der Waals surface area contributed by atoms with E-state index in [9.17, 15) is 29.4 Å². The van der Waals surface area contributed by atoms with Gasteiger partial charge in [0.15, 0.2) is 0 Å². The van der Waals surface area contributed by atoms with Gasteiger partial charge in [-0.15, -0.1) is 0 Å². The summed E-state index contributed by atoms with van der Waals surface area (Å²) >= 11 is 0. The molecule has 0 radical (unpaired) electrons. The second-order valence-corrected chi connectivity index (χ2v) is 11.1. The van der Waals surface area contributed by atoms with Crippen molar-refractivity contribution in [3.63, 3.8) is 0 Å². The van der Waals surface area contributed by atoms with Crippen LogP contribution in [0.1, 0.15) is 31.9 Å². The predicted molar refractivity (Wildman–Crippen MR) is 162 cm³/mol. The van der Waals surface area contributed by atoms with Gasteiger partial charge in [-0.2, -0.15) is 0 Å². The largest absolute Gasteiger partial charge is 0.480 e. The first-order chi connectivity index (χ1) is 20.5. The molecule has 12 heteroatoms. The van der Waals surface area contributed by atoms with Crippen LogP contribution in [0.4, 0.5) is 0 Å². The van der Waals surface area contributed by atoms with Crippen molar-refractivity contribution < 1.29 is 29.4 Å². The summed E-state index contributed by atoms with van der Waals surface area (Å²) in [5.74, 6) is -3.68. The highest BCUT2D eigenvalue weighted by atomic mass is 16.4. The van der Waals surface area contributed by atoms with Crippen molar-refractivity contribution in [1.29, 1.82) is 0 Å². The summed E-state index contributed by atoms with van der Waals surface area (Å²) in [6.45, 7) is 4.80. The van der Waals surface area contributed by atoms with Gasteiger partial charge in [-0.25, -0.2) is 4.79 Å². The van der Waals surface area contributed by atoms with E-state index in [1.807, 2.05) is 48.5 Å². The molecule has 5 atom stereocenters. The number of aromatic nitrogens is 2. The van der Waals surface area contributed by atoms with Crippen molar-refractivity contribution in [3.05, 3.63) is 72.1 Å². The van der Waals surface area contributed by atoms with Crippen molar-refractivity contribution in [3.8, 4) is 0 Å². The van der Waals surface area contributed by atoms with E-state index in [-0.39, 0.29) is 12.8 Å². The lowest BCUT2D eigenvalue weighted by Gasteiger charge is -2.27. The number of nitrogens with two attached hydrogens (primary N) is 1. The van der Waals surface area contributed by atoms with Crippen molar-refractivity contribution >= 4 is 45.5 Å². The Labute approximate surface area is 248 Å². The molecule has 0 aliphatic carbocycles. The molecule has 3 amide bonds. The van der Waals surface area contributed by atoms with Gasteiger partial charge in [-0.05, 0) is 36.1 Å². The number of fused-ring (bicyclic) bond motifs is 2. The zero-order valence-electron chi connectivity index (χ0n) is 24.3. The number of benzene rings is 2. The van der Waals surface area contributed by atoms with Crippen molar-refractivity contribution in [1.82, 2.24) is 25.9 Å². The standard InChI is InChI=1S/C31H38N6O6/c1-16(2)27(37-29(40)26(32)17(3)38)30(41)35-24(12-18-14-33-22-10-6-4-8-20(18)22)28(39)36-25(31(42)43)13-19-15-34-23-11-7-5-9-21(19)23/h4-11,14-17,24-27,33-34,38H,12-13,32H2,1-3H3,(H,35,41)(H,36,39)(H,37,40)(H,42,43). The maximum Gasteiger partial charge on any atom is 0.326 e. The van der Waals surface area contributed by atoms with E-state index >= 15 is 0 Å². The summed E-state index contributed by atoms with van der Waals surface area (Å²) in [6, 6.07) is 10.1. The fourth-order valence-corrected chi connectivity index (χ4v) is 4.99. The van der Waals surface area contributed by atoms with Gasteiger partial charge >= 0.3 is 5.97 Å². The molecule has 2 heterocycles. The number of hydrogen-bond donors (Lipinski definition) is 8. The number of para-hydroxylation sites is 2. The first-order valence-electron chi connectivity index (χ1n) is 14.1. The van der Waals surface area contributed by atoms with Crippen LogP contribution < -0.4 is 21.7 Å². The van der Waals surface area contributed by atoms with Gasteiger partial charge in [0.25, 0.3) is 0 Å². The average molecular weight is 591 g/mol. The molecule has 2 aromatic heterocycles. The van der Waals surface area contributed by atoms with Crippen molar-refractivity contribution in [2.45, 2.75) is 63.9 Å². The molecule has 4 aromatic rings. The number of carboxylic acids is 1. The van der Waals surface area contributed by atoms with E-state index in [4.69, 9.17) is 5.73 Å². The SMILES string of the molecule is CC(C)C(NC(=O)C(N)C(C)O)C(=O)NC(Cc1c[nH]c2ccccc12)C(=O)NC(Cc1c[nH]c2ccccc12)C(=O)O. The highest BCUT2D eigenvalue weighted by Crippen LogP contribution is 2.21. The molecule has 43 heavy (non-hydrogen) atoms. The molecule has 0 saturated heterocycles. The van der Waals surface area contributed by atoms with E-state index in [1.54, 1.807) is 26.2 Å². The number of aromatic amines is 2. The van der Waals surface area contributed by atoms with E-state index in [2.05, 4.69) is 25.9 Å². The van der Waals surface area contributed by atoms with Crippen LogP contribution in [0.2, 0.25) is 0 Å². The minimum Gasteiger partial charge on any atom is -0.480 e. The number of H-pyrrole nitrogens is 2. The van der Waals surface area contributed by atoms with E-state index in [0.29, 0.717) is 0 Å². The predicted octanol–water partition coefficient (Wildman–Crippen LogP) is 1.34. The Morgan fingerprint density at radius 3 is 1.72 bits per heavy atom. The first kappa shape index (κ1) is 31.3. The zero-order chi connectivity index (χ0) is 31.3. The molecule has 2 aromatic carbocycles. The van der Waals surface area contributed by atoms with Crippen LogP contribution in [-0.2, 0) is 32.0 Å². The number of nitrogens with one attached hydrogen (secondary N) is 5. The first-order valence-corrected chi connectivity index (χ1v) is 14.1. The van der Waals surface area contributed by atoms with Crippen LogP contribution in [0.5, 0.6) is 0 Å². The Morgan fingerprint density at radius 2 is 1.23 bits per heavy atom. The molecule has 0 spiro atoms. The summed E-state index contributed by atoms with van der Waals surface area (Å²) in [7, 11) is 0. The van der Waals surface area contributed by atoms with Crippen LogP contribution in [0.25, 0.3) is 21.8 Å². The Bertz CT molecular complexity index is 1610. The number of aliphatic hydroxyl groups excluding tert-OH is 1. The highest BCUT2D eigenvalue weighted by Gasteiger charge is 2.33. The summed E-state index contributed by atoms with van der Waals surface area (Å²) in [5.41, 5.74) is 8.89. The van der Waals surface area contributed by atoms with Crippen LogP contribution in [0.3, 0.4) is 0 Å². The van der Waals surface area contributed by atoms with E-state index in [0.717, 1.165) is 32.9 Å². The lowest BCUT2D eigenvalue weighted by atomic mass is 9.99. The minimum absolute atomic E-state index is 0.0146. The van der Waals surface area contributed by atoms with Crippen molar-refractivity contribution in [2.24, 2.45) is 11.7 Å². The maximum absolute atomic E-state index is 13.7. The van der Waals surface area contributed by atoms with E-state index < -0.39 is 59.9 Å². The monoisotopic (exact) mass is 590 g/mol. The van der Waals surface area contributed by atoms with Gasteiger partial charge in [0.2, 0.25) is 17.7 Å². The van der Waals surface area contributed by atoms with Gasteiger partial charge in [0, 0.05) is 47.0 Å². The third-order valence-electron chi connectivity index (χ3n) is 7.51. The van der Waals surface area contributed by atoms with Gasteiger partial charge in [0.05, 0.1) is 6.10 Å². The molecule has 228 valence electrons. The normalized spacial score (nSPS) is 15.0. The van der Waals surface area contributed by atoms with Crippen molar-refractivity contribution in [2.75, 3.05) is 0 Å². The molecule has 0 bridgehead atoms. The molecule has 4 rings (SSSR count). The summed E-state index contributed by atoms with van der Waals surface area (Å²) in [6.07, 6.45) is 2.38. The number of carboxylic acid groups (broad SMARTS) is 1. The summed E-state index contributed by atoms with van der Waals surface area (Å²) < 4.78 is 0. The Balaban J connectivity index is 1.59. The van der Waals surface area contributed by atoms with Crippen LogP contribution in [0, 0.1) is 5.92 Å². The number of amides is 3. The molecule has 0 fully saturated rings. The molecular weight excluding hydrogens is 552 g/mol. The molecular formula is C31H38N6O6. The van der Waals surface area contributed by atoms with E-state index in [1.165, 1.54) is 6.92 Å². The maximum atomic E-state index is 13.7. The van der Waals surface area contributed by atoms with Gasteiger partial charge in [0.1, 0.15) is 24.2 Å². The number of carbonyl (C=O) groups excluding carboxylic acids is 3. The third-order valence-corrected chi connectivity index (χ3v) is 7.51. The fourth-order valence-electron chi connectivity index (χ4n) is 4.99. The van der Waals surface area contributed by atoms with Gasteiger partial charge in [-0.1, -0.05) is 50.2 Å². The molecule has 0 aliphatic rings. The van der Waals surface area contributed by atoms with Gasteiger partial charge < -0.3 is 41.9 Å². The number of aliphatic hydroxyl groups is 1. The second-order valence-electron chi connectivity index (χ2n) is 11.1. The number of aliphatic carboxylic acids is 1. The smallest absolute Gasteiger partial charge is 0.326 e. The quantitative estimate of drug-likeness (QED) is 0.115. The van der Waals surface area contributed by atoms with Gasteiger partial charge in [-0.3, -0.25) is 14.4 Å². The number of rotatable bonds is 13. The average Bonchev–Trinajstić information content (AvgIpc) is 3.58. The lowest BCUT2D eigenvalue weighted by molar-refractivity contribution is -0.142. The fraction of sp³-hybridized carbons (Fsp3) is 0.355. The minimum atomic E-state index is -1.28. The van der Waals surface area contributed by atoms with Crippen LogP contribution >= 0.6 is 0 Å². The molecule has 0 saturated carbocycles. The molecule has 5 unspecified atom stereocenters. The molecule has 12 nitrogen and oxygen atoms in total. The summed E-state index contributed by atoms with van der Waals surface area (Å²) in [4.78, 5) is 58.3. The zero-order valence-corrected chi connectivity index (χ0v) is 24.3. The van der Waals surface area contributed by atoms with Crippen LogP contribution in [-0.4, -0.2) is 74.1 Å². The Kier molecular flexibility index (Phi) is 9.84. The molecule has 9 N–H and O–H groups in total. The number of carbonyl (C=O) groups is 4. The number of hydrogen-bond acceptors (Lipinski definition) is 6.